The summed E-state index contributed by atoms with van der Waals surface area (Å²) in [5.41, 5.74) is -0.522. The van der Waals surface area contributed by atoms with E-state index in [0.717, 1.165) is 12.8 Å². The van der Waals surface area contributed by atoms with Crippen LogP contribution >= 0.6 is 0 Å². The fraction of sp³-hybridized carbons (Fsp3) is 0.692. The third kappa shape index (κ3) is 9.63. The molecule has 2 aliphatic rings. The number of carbonyl (C=O) groups excluding carboxylic acids is 4. The van der Waals surface area contributed by atoms with E-state index in [-0.39, 0.29) is 42.8 Å². The van der Waals surface area contributed by atoms with Crippen molar-refractivity contribution in [3.05, 3.63) is 12.2 Å². The topological polar surface area (TPSA) is 105 Å². The van der Waals surface area contributed by atoms with Crippen LogP contribution in [0.25, 0.3) is 0 Å². The summed E-state index contributed by atoms with van der Waals surface area (Å²) >= 11 is 0. The van der Waals surface area contributed by atoms with Gasteiger partial charge >= 0.3 is 12.1 Å². The van der Waals surface area contributed by atoms with Crippen molar-refractivity contribution in [2.75, 3.05) is 32.8 Å². The van der Waals surface area contributed by atoms with E-state index in [1.54, 1.807) is 22.8 Å². The number of amides is 3. The smallest absolute Gasteiger partial charge is 0.410 e. The molecule has 194 valence electrons. The molecule has 2 aliphatic heterocycles. The van der Waals surface area contributed by atoms with E-state index in [0.29, 0.717) is 39.0 Å². The fourth-order valence-electron chi connectivity index (χ4n) is 4.14. The van der Waals surface area contributed by atoms with Gasteiger partial charge in [0.2, 0.25) is 11.8 Å². The van der Waals surface area contributed by atoms with Crippen LogP contribution in [-0.4, -0.2) is 78.1 Å². The third-order valence-corrected chi connectivity index (χ3v) is 6.00. The Bertz CT molecular complexity index is 833. The van der Waals surface area contributed by atoms with Gasteiger partial charge in [0.1, 0.15) is 11.6 Å². The van der Waals surface area contributed by atoms with Crippen molar-refractivity contribution in [1.82, 2.24) is 15.1 Å². The Kier molecular flexibility index (Phi) is 10.6. The predicted octanol–water partition coefficient (Wildman–Crippen LogP) is 2.50. The number of carbonyl (C=O) groups is 4. The molecule has 9 nitrogen and oxygen atoms in total. The zero-order chi connectivity index (χ0) is 26.0. The predicted molar refractivity (Wildman–Crippen MR) is 131 cm³/mol. The van der Waals surface area contributed by atoms with Crippen molar-refractivity contribution < 1.29 is 28.7 Å². The summed E-state index contributed by atoms with van der Waals surface area (Å²) < 4.78 is 10.3. The van der Waals surface area contributed by atoms with Crippen LogP contribution in [0.1, 0.15) is 59.8 Å². The molecule has 0 aliphatic carbocycles. The lowest BCUT2D eigenvalue weighted by Gasteiger charge is -2.33. The molecule has 0 radical (unpaired) electrons. The number of nitrogens with zero attached hydrogens (tertiary/aromatic N) is 2. The largest absolute Gasteiger partial charge is 0.466 e. The molecule has 0 aromatic carbocycles. The average molecular weight is 490 g/mol. The summed E-state index contributed by atoms with van der Waals surface area (Å²) in [6.07, 6.45) is 11.5. The van der Waals surface area contributed by atoms with Crippen LogP contribution in [0.4, 0.5) is 4.79 Å². The maximum absolute atomic E-state index is 12.8. The number of terminal acetylenes is 1. The molecule has 35 heavy (non-hydrogen) atoms. The minimum atomic E-state index is -0.737. The molecule has 2 heterocycles. The average Bonchev–Trinajstić information content (AvgIpc) is 2.81. The minimum Gasteiger partial charge on any atom is -0.466 e. The number of piperidine rings is 2. The second-order valence-electron chi connectivity index (χ2n) is 10.0. The van der Waals surface area contributed by atoms with Gasteiger partial charge in [-0.2, -0.15) is 0 Å². The van der Waals surface area contributed by atoms with Crippen LogP contribution in [0, 0.1) is 24.2 Å². The van der Waals surface area contributed by atoms with Crippen LogP contribution in [0.15, 0.2) is 12.2 Å². The van der Waals surface area contributed by atoms with Gasteiger partial charge in [0.05, 0.1) is 18.9 Å². The highest BCUT2D eigenvalue weighted by Crippen LogP contribution is 2.22. The molecule has 9 heteroatoms. The number of hydrogen-bond acceptors (Lipinski definition) is 6. The van der Waals surface area contributed by atoms with Gasteiger partial charge in [0.15, 0.2) is 0 Å². The summed E-state index contributed by atoms with van der Waals surface area (Å²) in [6.45, 7) is 9.57. The van der Waals surface area contributed by atoms with Gasteiger partial charge in [-0.1, -0.05) is 12.0 Å². The van der Waals surface area contributed by atoms with E-state index in [1.807, 2.05) is 26.8 Å². The first-order valence-electron chi connectivity index (χ1n) is 12.4. The van der Waals surface area contributed by atoms with Gasteiger partial charge in [0.25, 0.3) is 0 Å². The van der Waals surface area contributed by atoms with Crippen LogP contribution in [0.5, 0.6) is 0 Å². The maximum atomic E-state index is 12.8. The fourth-order valence-corrected chi connectivity index (χ4v) is 4.14. The number of likely N-dealkylation sites (tertiary alicyclic amines) is 2. The Labute approximate surface area is 208 Å². The maximum Gasteiger partial charge on any atom is 0.410 e. The summed E-state index contributed by atoms with van der Waals surface area (Å²) in [6, 6.07) is -0.737. The van der Waals surface area contributed by atoms with Crippen molar-refractivity contribution in [3.8, 4) is 12.3 Å². The molecule has 1 unspecified atom stereocenters. The first kappa shape index (κ1) is 28.2. The summed E-state index contributed by atoms with van der Waals surface area (Å²) in [5, 5.41) is 2.72. The van der Waals surface area contributed by atoms with Gasteiger partial charge in [-0.25, -0.2) is 4.79 Å². The monoisotopic (exact) mass is 489 g/mol. The van der Waals surface area contributed by atoms with Crippen LogP contribution < -0.4 is 5.32 Å². The Morgan fingerprint density at radius 2 is 1.80 bits per heavy atom. The molecule has 1 N–H and O–H groups in total. The molecule has 3 amide bonds. The molecule has 2 rings (SSSR count). The summed E-state index contributed by atoms with van der Waals surface area (Å²) in [7, 11) is 0. The first-order chi connectivity index (χ1) is 16.5. The zero-order valence-corrected chi connectivity index (χ0v) is 21.4. The quantitative estimate of drug-likeness (QED) is 0.335. The Hall–Kier alpha value is -3.02. The summed E-state index contributed by atoms with van der Waals surface area (Å²) in [4.78, 5) is 52.7. The van der Waals surface area contributed by atoms with Crippen molar-refractivity contribution in [2.24, 2.45) is 11.8 Å². The highest BCUT2D eigenvalue weighted by atomic mass is 16.6. The van der Waals surface area contributed by atoms with Crippen molar-refractivity contribution >= 4 is 23.9 Å². The van der Waals surface area contributed by atoms with Gasteiger partial charge < -0.3 is 24.6 Å². The molecular weight excluding hydrogens is 450 g/mol. The van der Waals surface area contributed by atoms with E-state index in [9.17, 15) is 19.2 Å². The second-order valence-corrected chi connectivity index (χ2v) is 10.0. The standard InChI is InChI=1S/C26H39N3O6/c1-6-21(17-23(31)34-7-2)27-24(32)20-9-8-14-29(18-20)22(30)11-10-19-12-15-28(16-13-19)25(33)35-26(3,4)5/h1,10-11,19-21H,7-9,12-18H2,2-5H3,(H,27,32)/b11-10+/t20?,21-/m1/s1. The van der Waals surface area contributed by atoms with E-state index >= 15 is 0 Å². The van der Waals surface area contributed by atoms with E-state index in [2.05, 4.69) is 11.2 Å². The molecular formula is C26H39N3O6. The number of nitrogens with one attached hydrogen (secondary N) is 1. The van der Waals surface area contributed by atoms with Crippen molar-refractivity contribution in [1.29, 1.82) is 0 Å². The van der Waals surface area contributed by atoms with Crippen molar-refractivity contribution in [2.45, 2.75) is 71.4 Å². The normalized spacial score (nSPS) is 20.1. The first-order valence-corrected chi connectivity index (χ1v) is 12.4. The summed E-state index contributed by atoms with van der Waals surface area (Å²) in [5.74, 6) is 1.40. The minimum absolute atomic E-state index is 0.0824. The van der Waals surface area contributed by atoms with Crippen LogP contribution in [0.2, 0.25) is 0 Å². The Balaban J connectivity index is 1.81. The molecule has 0 aromatic rings. The van der Waals surface area contributed by atoms with Gasteiger partial charge in [-0.15, -0.1) is 6.42 Å². The van der Waals surface area contributed by atoms with Crippen LogP contribution in [-0.2, 0) is 23.9 Å². The molecule has 0 spiro atoms. The molecule has 2 atom stereocenters. The molecule has 2 saturated heterocycles. The number of ether oxygens (including phenoxy) is 2. The lowest BCUT2D eigenvalue weighted by Crippen LogP contribution is -2.47. The van der Waals surface area contributed by atoms with E-state index in [4.69, 9.17) is 15.9 Å². The third-order valence-electron chi connectivity index (χ3n) is 6.00. The number of allylic oxidation sites excluding steroid dienone is 1. The highest BCUT2D eigenvalue weighted by molar-refractivity contribution is 5.88. The van der Waals surface area contributed by atoms with Crippen molar-refractivity contribution in [3.63, 3.8) is 0 Å². The van der Waals surface area contributed by atoms with Gasteiger partial charge in [-0.3, -0.25) is 14.4 Å². The highest BCUT2D eigenvalue weighted by Gasteiger charge is 2.30. The van der Waals surface area contributed by atoms with Crippen LogP contribution in [0.3, 0.4) is 0 Å². The zero-order valence-electron chi connectivity index (χ0n) is 21.4. The van der Waals surface area contributed by atoms with Gasteiger partial charge in [-0.05, 0) is 65.4 Å². The van der Waals surface area contributed by atoms with E-state index < -0.39 is 17.6 Å². The lowest BCUT2D eigenvalue weighted by molar-refractivity contribution is -0.143. The van der Waals surface area contributed by atoms with E-state index in [1.165, 1.54) is 0 Å². The lowest BCUT2D eigenvalue weighted by atomic mass is 9.95. The second kappa shape index (κ2) is 13.2. The number of esters is 1. The number of rotatable bonds is 7. The number of hydrogen-bond donors (Lipinski definition) is 1. The molecule has 2 fully saturated rings. The Morgan fingerprint density at radius 3 is 2.40 bits per heavy atom. The Morgan fingerprint density at radius 1 is 1.11 bits per heavy atom. The molecule has 0 bridgehead atoms. The SMILES string of the molecule is C#C[C@H](CC(=O)OCC)NC(=O)C1CCCN(C(=O)/C=C/C2CCN(C(=O)OC(C)(C)C)CC2)C1. The molecule has 0 aromatic heterocycles. The molecule has 0 saturated carbocycles. The van der Waals surface area contributed by atoms with Gasteiger partial charge in [0, 0.05) is 26.2 Å².